The number of hydrogen-bond donors (Lipinski definition) is 2. The molecule has 4 heteroatoms. The van der Waals surface area contributed by atoms with E-state index in [2.05, 4.69) is 10.6 Å². The van der Waals surface area contributed by atoms with Crippen LogP contribution < -0.4 is 10.6 Å². The molecule has 0 radical (unpaired) electrons. The molecule has 2 rings (SSSR count). The van der Waals surface area contributed by atoms with Crippen LogP contribution in [0.3, 0.4) is 0 Å². The molecule has 1 atom stereocenters. The Bertz CT molecular complexity index is 165. The van der Waals surface area contributed by atoms with Crippen molar-refractivity contribution >= 4 is 6.03 Å². The number of urea groups is 1. The van der Waals surface area contributed by atoms with E-state index >= 15 is 0 Å². The highest BCUT2D eigenvalue weighted by Gasteiger charge is 2.29. The molecule has 0 unspecified atom stereocenters. The lowest BCUT2D eigenvalue weighted by Crippen LogP contribution is -2.39. The molecule has 0 spiro atoms. The van der Waals surface area contributed by atoms with E-state index in [0.29, 0.717) is 6.04 Å². The van der Waals surface area contributed by atoms with Crippen molar-refractivity contribution in [3.63, 3.8) is 0 Å². The van der Waals surface area contributed by atoms with Crippen molar-refractivity contribution in [2.24, 2.45) is 0 Å². The molecule has 2 aliphatic rings. The maximum absolute atomic E-state index is 11.1. The first-order valence-electron chi connectivity index (χ1n) is 4.13. The lowest BCUT2D eigenvalue weighted by Gasteiger charge is -2.20. The molecule has 0 aromatic carbocycles. The zero-order chi connectivity index (χ0) is 7.68. The summed E-state index contributed by atoms with van der Waals surface area (Å²) in [6.07, 6.45) is 1.10. The van der Waals surface area contributed by atoms with Gasteiger partial charge in [0.25, 0.3) is 0 Å². The standard InChI is InChI=1S/C7H13N3O/c11-7-9-3-4-10(7)6-1-2-8-5-6/h6,8H,1-5H2,(H,9,11)/t6-/m0/s1. The van der Waals surface area contributed by atoms with Crippen molar-refractivity contribution in [1.82, 2.24) is 15.5 Å². The van der Waals surface area contributed by atoms with Gasteiger partial charge in [-0.25, -0.2) is 4.79 Å². The first kappa shape index (κ1) is 6.91. The summed E-state index contributed by atoms with van der Waals surface area (Å²) in [4.78, 5) is 13.1. The third kappa shape index (κ3) is 1.18. The summed E-state index contributed by atoms with van der Waals surface area (Å²) in [6.45, 7) is 3.71. The Morgan fingerprint density at radius 1 is 1.45 bits per heavy atom. The van der Waals surface area contributed by atoms with Crippen molar-refractivity contribution in [3.05, 3.63) is 0 Å². The van der Waals surface area contributed by atoms with Gasteiger partial charge in [-0.15, -0.1) is 0 Å². The number of amides is 2. The second-order valence-corrected chi connectivity index (χ2v) is 3.07. The van der Waals surface area contributed by atoms with Crippen molar-refractivity contribution in [3.8, 4) is 0 Å². The third-order valence-corrected chi connectivity index (χ3v) is 2.36. The zero-order valence-electron chi connectivity index (χ0n) is 6.47. The van der Waals surface area contributed by atoms with Gasteiger partial charge in [0.2, 0.25) is 0 Å². The fourth-order valence-corrected chi connectivity index (χ4v) is 1.74. The fraction of sp³-hybridized carbons (Fsp3) is 0.857. The van der Waals surface area contributed by atoms with Gasteiger partial charge in [-0.05, 0) is 13.0 Å². The fourth-order valence-electron chi connectivity index (χ4n) is 1.74. The van der Waals surface area contributed by atoms with Gasteiger partial charge in [-0.2, -0.15) is 0 Å². The maximum Gasteiger partial charge on any atom is 0.317 e. The monoisotopic (exact) mass is 155 g/mol. The molecule has 2 heterocycles. The van der Waals surface area contributed by atoms with Crippen LogP contribution in [-0.4, -0.2) is 43.2 Å². The molecule has 11 heavy (non-hydrogen) atoms. The Kier molecular flexibility index (Phi) is 1.69. The van der Waals surface area contributed by atoms with Crippen molar-refractivity contribution < 1.29 is 4.79 Å². The van der Waals surface area contributed by atoms with E-state index in [1.54, 1.807) is 0 Å². The van der Waals surface area contributed by atoms with E-state index in [4.69, 9.17) is 0 Å². The molecule has 2 fully saturated rings. The van der Waals surface area contributed by atoms with Crippen molar-refractivity contribution in [2.75, 3.05) is 26.2 Å². The highest BCUT2D eigenvalue weighted by molar-refractivity contribution is 5.76. The molecule has 2 amide bonds. The Hall–Kier alpha value is -0.770. The van der Waals surface area contributed by atoms with Gasteiger partial charge in [0.05, 0.1) is 0 Å². The Balaban J connectivity index is 1.97. The third-order valence-electron chi connectivity index (χ3n) is 2.36. The minimum absolute atomic E-state index is 0.110. The first-order valence-corrected chi connectivity index (χ1v) is 4.13. The van der Waals surface area contributed by atoms with Gasteiger partial charge >= 0.3 is 6.03 Å². The molecule has 0 saturated carbocycles. The number of nitrogens with zero attached hydrogens (tertiary/aromatic N) is 1. The molecule has 0 aromatic rings. The lowest BCUT2D eigenvalue weighted by molar-refractivity contribution is 0.202. The van der Waals surface area contributed by atoms with Gasteiger partial charge in [0.15, 0.2) is 0 Å². The van der Waals surface area contributed by atoms with E-state index < -0.39 is 0 Å². The Morgan fingerprint density at radius 3 is 2.91 bits per heavy atom. The maximum atomic E-state index is 11.1. The van der Waals surface area contributed by atoms with E-state index in [-0.39, 0.29) is 6.03 Å². The van der Waals surface area contributed by atoms with Crippen LogP contribution in [0.15, 0.2) is 0 Å². The second-order valence-electron chi connectivity index (χ2n) is 3.07. The van der Waals surface area contributed by atoms with Crippen LogP contribution in [0.5, 0.6) is 0 Å². The summed E-state index contributed by atoms with van der Waals surface area (Å²) in [5.74, 6) is 0. The molecule has 0 aliphatic carbocycles. The Morgan fingerprint density at radius 2 is 2.36 bits per heavy atom. The van der Waals surface area contributed by atoms with Gasteiger partial charge < -0.3 is 15.5 Å². The van der Waals surface area contributed by atoms with E-state index in [1.165, 1.54) is 0 Å². The van der Waals surface area contributed by atoms with E-state index in [0.717, 1.165) is 32.6 Å². The normalized spacial score (nSPS) is 31.1. The lowest BCUT2D eigenvalue weighted by atomic mass is 10.2. The number of carbonyl (C=O) groups is 1. The molecule has 62 valence electrons. The van der Waals surface area contributed by atoms with Gasteiger partial charge in [0, 0.05) is 25.7 Å². The summed E-state index contributed by atoms with van der Waals surface area (Å²) in [7, 11) is 0. The van der Waals surface area contributed by atoms with Crippen LogP contribution in [-0.2, 0) is 0 Å². The molecule has 2 saturated heterocycles. The predicted molar refractivity (Wildman–Crippen MR) is 41.4 cm³/mol. The zero-order valence-corrected chi connectivity index (χ0v) is 6.47. The summed E-state index contributed by atoms with van der Waals surface area (Å²) >= 11 is 0. The minimum Gasteiger partial charge on any atom is -0.336 e. The molecule has 0 bridgehead atoms. The quantitative estimate of drug-likeness (QED) is 0.529. The summed E-state index contributed by atoms with van der Waals surface area (Å²) < 4.78 is 0. The van der Waals surface area contributed by atoms with Crippen molar-refractivity contribution in [1.29, 1.82) is 0 Å². The Labute approximate surface area is 65.9 Å². The highest BCUT2D eigenvalue weighted by Crippen LogP contribution is 2.10. The van der Waals surface area contributed by atoms with Crippen LogP contribution in [0.1, 0.15) is 6.42 Å². The molecule has 4 nitrogen and oxygen atoms in total. The summed E-state index contributed by atoms with van der Waals surface area (Å²) in [6, 6.07) is 0.552. The average Bonchev–Trinajstić information content (AvgIpc) is 2.55. The highest BCUT2D eigenvalue weighted by atomic mass is 16.2. The number of carbonyl (C=O) groups excluding carboxylic acids is 1. The van der Waals surface area contributed by atoms with Crippen LogP contribution in [0, 0.1) is 0 Å². The second kappa shape index (κ2) is 2.70. The summed E-state index contributed by atoms with van der Waals surface area (Å²) in [5, 5.41) is 6.05. The molecule has 2 N–H and O–H groups in total. The van der Waals surface area contributed by atoms with Gasteiger partial charge in [-0.3, -0.25) is 0 Å². The smallest absolute Gasteiger partial charge is 0.317 e. The number of nitrogens with one attached hydrogen (secondary N) is 2. The SMILES string of the molecule is O=C1NCCN1[C@H]1CCNC1. The molecular formula is C7H13N3O. The van der Waals surface area contributed by atoms with E-state index in [9.17, 15) is 4.79 Å². The van der Waals surface area contributed by atoms with Crippen LogP contribution >= 0.6 is 0 Å². The van der Waals surface area contributed by atoms with Crippen LogP contribution in [0.2, 0.25) is 0 Å². The minimum atomic E-state index is 0.110. The molecule has 2 aliphatic heterocycles. The number of rotatable bonds is 1. The summed E-state index contributed by atoms with van der Waals surface area (Å²) in [5.41, 5.74) is 0. The van der Waals surface area contributed by atoms with Crippen LogP contribution in [0.25, 0.3) is 0 Å². The molecule has 0 aromatic heterocycles. The largest absolute Gasteiger partial charge is 0.336 e. The first-order chi connectivity index (χ1) is 5.38. The van der Waals surface area contributed by atoms with E-state index in [1.807, 2.05) is 4.90 Å². The average molecular weight is 155 g/mol. The predicted octanol–water partition coefficient (Wildman–Crippen LogP) is -0.627. The van der Waals surface area contributed by atoms with Gasteiger partial charge in [0.1, 0.15) is 0 Å². The topological polar surface area (TPSA) is 44.4 Å². The molecular weight excluding hydrogens is 142 g/mol. The van der Waals surface area contributed by atoms with Crippen LogP contribution in [0.4, 0.5) is 4.79 Å². The number of hydrogen-bond acceptors (Lipinski definition) is 2. The van der Waals surface area contributed by atoms with Gasteiger partial charge in [-0.1, -0.05) is 0 Å². The van der Waals surface area contributed by atoms with Crippen molar-refractivity contribution in [2.45, 2.75) is 12.5 Å².